The highest BCUT2D eigenvalue weighted by Gasteiger charge is 2.35. The van der Waals surface area contributed by atoms with Crippen molar-refractivity contribution in [3.05, 3.63) is 0 Å². The first-order valence-electron chi connectivity index (χ1n) is 7.46. The Morgan fingerprint density at radius 1 is 1.00 bits per heavy atom. The molecule has 0 radical (unpaired) electrons. The van der Waals surface area contributed by atoms with Gasteiger partial charge in [-0.2, -0.15) is 0 Å². The van der Waals surface area contributed by atoms with Crippen molar-refractivity contribution in [2.24, 2.45) is 5.92 Å². The van der Waals surface area contributed by atoms with Gasteiger partial charge in [0.25, 0.3) is 0 Å². The van der Waals surface area contributed by atoms with Crippen LogP contribution < -0.4 is 5.32 Å². The largest absolute Gasteiger partial charge is 0.311 e. The van der Waals surface area contributed by atoms with Crippen molar-refractivity contribution < 1.29 is 8.42 Å². The normalized spacial score (nSPS) is 37.6. The molecule has 0 aromatic rings. The Bertz CT molecular complexity index is 418. The van der Waals surface area contributed by atoms with Crippen LogP contribution in [0.15, 0.2) is 0 Å². The van der Waals surface area contributed by atoms with Gasteiger partial charge in [0.1, 0.15) is 0 Å². The zero-order valence-electron chi connectivity index (χ0n) is 11.7. The second-order valence-corrected chi connectivity index (χ2v) is 8.33. The van der Waals surface area contributed by atoms with Gasteiger partial charge in [0.2, 0.25) is 10.0 Å². The maximum absolute atomic E-state index is 11.5. The van der Waals surface area contributed by atoms with E-state index in [1.807, 2.05) is 0 Å². The van der Waals surface area contributed by atoms with E-state index < -0.39 is 10.0 Å². The standard InChI is InChI=1S/C13H25N3O2S/c1-19(17,18)16-8-3-12(4-9-16)14-13-5-7-15-6-2-11(13)10-15/h11-14H,2-10H2,1H3. The van der Waals surface area contributed by atoms with Crippen LogP contribution in [-0.2, 0) is 10.0 Å². The summed E-state index contributed by atoms with van der Waals surface area (Å²) in [6.07, 6.45) is 5.83. The molecule has 0 aromatic heterocycles. The molecule has 0 spiro atoms. The average molecular weight is 287 g/mol. The van der Waals surface area contributed by atoms with Crippen LogP contribution >= 0.6 is 0 Å². The van der Waals surface area contributed by atoms with Crippen molar-refractivity contribution in [2.75, 3.05) is 39.0 Å². The zero-order chi connectivity index (χ0) is 13.5. The minimum atomic E-state index is -2.99. The Balaban J connectivity index is 1.50. The van der Waals surface area contributed by atoms with Crippen molar-refractivity contribution in [1.29, 1.82) is 0 Å². The molecule has 2 bridgehead atoms. The minimum absolute atomic E-state index is 0.509. The summed E-state index contributed by atoms with van der Waals surface area (Å²) in [5.74, 6) is 0.821. The molecule has 5 nitrogen and oxygen atoms in total. The fourth-order valence-electron chi connectivity index (χ4n) is 3.83. The van der Waals surface area contributed by atoms with Gasteiger partial charge in [-0.3, -0.25) is 0 Å². The lowest BCUT2D eigenvalue weighted by Crippen LogP contribution is -2.51. The van der Waals surface area contributed by atoms with Crippen molar-refractivity contribution in [1.82, 2.24) is 14.5 Å². The molecule has 3 aliphatic rings. The number of fused-ring (bicyclic) bond motifs is 2. The lowest BCUT2D eigenvalue weighted by Gasteiger charge is -2.37. The molecule has 19 heavy (non-hydrogen) atoms. The maximum atomic E-state index is 11.5. The quantitative estimate of drug-likeness (QED) is 0.799. The first-order chi connectivity index (χ1) is 9.02. The van der Waals surface area contributed by atoms with Crippen molar-refractivity contribution in [3.63, 3.8) is 0 Å². The van der Waals surface area contributed by atoms with E-state index in [9.17, 15) is 8.42 Å². The summed E-state index contributed by atoms with van der Waals surface area (Å²) in [6.45, 7) is 5.13. The van der Waals surface area contributed by atoms with Crippen LogP contribution in [0.2, 0.25) is 0 Å². The van der Waals surface area contributed by atoms with Crippen molar-refractivity contribution in [2.45, 2.75) is 37.8 Å². The van der Waals surface area contributed by atoms with E-state index in [1.54, 1.807) is 4.31 Å². The highest BCUT2D eigenvalue weighted by atomic mass is 32.2. The van der Waals surface area contributed by atoms with Crippen molar-refractivity contribution >= 4 is 10.0 Å². The number of hydrogen-bond donors (Lipinski definition) is 1. The topological polar surface area (TPSA) is 52.7 Å². The first-order valence-corrected chi connectivity index (χ1v) is 9.31. The van der Waals surface area contributed by atoms with Gasteiger partial charge in [-0.25, -0.2) is 12.7 Å². The smallest absolute Gasteiger partial charge is 0.211 e. The highest BCUT2D eigenvalue weighted by Crippen LogP contribution is 2.28. The number of piperidine rings is 2. The molecule has 0 saturated carbocycles. The van der Waals surface area contributed by atoms with E-state index in [-0.39, 0.29) is 0 Å². The van der Waals surface area contributed by atoms with E-state index in [0.29, 0.717) is 25.2 Å². The molecular formula is C13H25N3O2S. The van der Waals surface area contributed by atoms with Crippen LogP contribution in [0.3, 0.4) is 0 Å². The molecule has 3 saturated heterocycles. The Hall–Kier alpha value is -0.170. The average Bonchev–Trinajstić information content (AvgIpc) is 2.75. The van der Waals surface area contributed by atoms with Crippen LogP contribution in [0.5, 0.6) is 0 Å². The molecule has 3 fully saturated rings. The summed E-state index contributed by atoms with van der Waals surface area (Å²) in [7, 11) is -2.99. The molecule has 3 atom stereocenters. The Morgan fingerprint density at radius 3 is 2.37 bits per heavy atom. The number of nitrogens with zero attached hydrogens (tertiary/aromatic N) is 2. The number of sulfonamides is 1. The molecule has 0 aromatic carbocycles. The van der Waals surface area contributed by atoms with Gasteiger partial charge in [-0.1, -0.05) is 0 Å². The lowest BCUT2D eigenvalue weighted by molar-refractivity contribution is 0.190. The van der Waals surface area contributed by atoms with Gasteiger partial charge in [-0.05, 0) is 44.7 Å². The fraction of sp³-hybridized carbons (Fsp3) is 1.00. The van der Waals surface area contributed by atoms with Crippen LogP contribution in [0.4, 0.5) is 0 Å². The van der Waals surface area contributed by atoms with E-state index in [1.165, 1.54) is 38.7 Å². The third-order valence-corrected chi connectivity index (χ3v) is 6.31. The highest BCUT2D eigenvalue weighted by molar-refractivity contribution is 7.88. The monoisotopic (exact) mass is 287 g/mol. The Morgan fingerprint density at radius 2 is 1.68 bits per heavy atom. The van der Waals surface area contributed by atoms with Gasteiger partial charge >= 0.3 is 0 Å². The van der Waals surface area contributed by atoms with Crippen LogP contribution in [0.25, 0.3) is 0 Å². The summed E-state index contributed by atoms with van der Waals surface area (Å²) in [6, 6.07) is 1.17. The SMILES string of the molecule is CS(=O)(=O)N1CCC(NC2CCN3CCC2C3)CC1. The van der Waals surface area contributed by atoms with E-state index in [4.69, 9.17) is 0 Å². The summed E-state index contributed by atoms with van der Waals surface area (Å²) in [4.78, 5) is 2.56. The zero-order valence-corrected chi connectivity index (χ0v) is 12.5. The van der Waals surface area contributed by atoms with Gasteiger partial charge < -0.3 is 10.2 Å². The number of rotatable bonds is 3. The predicted octanol–water partition coefficient (Wildman–Crippen LogP) is 0.0942. The molecule has 3 rings (SSSR count). The predicted molar refractivity (Wildman–Crippen MR) is 75.5 cm³/mol. The van der Waals surface area contributed by atoms with Crippen LogP contribution in [0.1, 0.15) is 25.7 Å². The van der Waals surface area contributed by atoms with E-state index in [0.717, 1.165) is 18.8 Å². The van der Waals surface area contributed by atoms with Crippen molar-refractivity contribution in [3.8, 4) is 0 Å². The molecule has 1 N–H and O–H groups in total. The number of nitrogens with one attached hydrogen (secondary N) is 1. The molecular weight excluding hydrogens is 262 g/mol. The van der Waals surface area contributed by atoms with Gasteiger partial charge in [-0.15, -0.1) is 0 Å². The minimum Gasteiger partial charge on any atom is -0.311 e. The van der Waals surface area contributed by atoms with Gasteiger partial charge in [0, 0.05) is 31.7 Å². The maximum Gasteiger partial charge on any atom is 0.211 e. The molecule has 0 amide bonds. The fourth-order valence-corrected chi connectivity index (χ4v) is 4.70. The molecule has 3 aliphatic heterocycles. The second-order valence-electron chi connectivity index (χ2n) is 6.35. The van der Waals surface area contributed by atoms with Crippen LogP contribution in [0, 0.1) is 5.92 Å². The van der Waals surface area contributed by atoms with Crippen LogP contribution in [-0.4, -0.2) is 68.7 Å². The first kappa shape index (κ1) is 13.8. The summed E-state index contributed by atoms with van der Waals surface area (Å²) >= 11 is 0. The van der Waals surface area contributed by atoms with E-state index >= 15 is 0 Å². The molecule has 0 aliphatic carbocycles. The molecule has 3 unspecified atom stereocenters. The van der Waals surface area contributed by atoms with Gasteiger partial charge in [0.05, 0.1) is 6.26 Å². The third-order valence-electron chi connectivity index (χ3n) is 5.01. The molecule has 6 heteroatoms. The number of hydrogen-bond acceptors (Lipinski definition) is 4. The van der Waals surface area contributed by atoms with E-state index in [2.05, 4.69) is 10.2 Å². The molecule has 110 valence electrons. The van der Waals surface area contributed by atoms with Gasteiger partial charge in [0.15, 0.2) is 0 Å². The summed E-state index contributed by atoms with van der Waals surface area (Å²) in [5, 5.41) is 3.81. The second kappa shape index (κ2) is 5.31. The summed E-state index contributed by atoms with van der Waals surface area (Å²) in [5.41, 5.74) is 0. The molecule has 3 heterocycles. The Kier molecular flexibility index (Phi) is 3.86. The lowest BCUT2D eigenvalue weighted by atomic mass is 9.92. The Labute approximate surface area is 116 Å². The summed E-state index contributed by atoms with van der Waals surface area (Å²) < 4.78 is 24.6. The third kappa shape index (κ3) is 3.12.